The molecular formula is C17H34O2Sn. The largest absolute Gasteiger partial charge is 0.472 e. The van der Waals surface area contributed by atoms with Gasteiger partial charge in [-0.05, 0) is 6.07 Å². The van der Waals surface area contributed by atoms with Gasteiger partial charge < -0.3 is 4.42 Å². The van der Waals surface area contributed by atoms with Gasteiger partial charge in [0.1, 0.15) is 6.26 Å². The van der Waals surface area contributed by atoms with Crippen molar-refractivity contribution in [3.05, 3.63) is 24.2 Å². The number of carbonyl (C=O) groups excluding carboxylic acids is 1. The smallest absolute Gasteiger partial charge is 0.153 e. The van der Waals surface area contributed by atoms with Gasteiger partial charge in [0, 0.05) is 23.9 Å². The van der Waals surface area contributed by atoms with Gasteiger partial charge in [-0.3, -0.25) is 4.79 Å². The normalized spacial score (nSPS) is 7.50. The fourth-order valence-corrected chi connectivity index (χ4v) is 0.342. The number of aldehydes is 1. The van der Waals surface area contributed by atoms with Crippen molar-refractivity contribution in [1.29, 1.82) is 0 Å². The summed E-state index contributed by atoms with van der Waals surface area (Å²) in [6, 6.07) is 1.60. The first-order chi connectivity index (χ1) is 9.17. The second kappa shape index (κ2) is 31.2. The van der Waals surface area contributed by atoms with E-state index < -0.39 is 0 Å². The van der Waals surface area contributed by atoms with E-state index in [-0.39, 0.29) is 23.9 Å². The second-order valence-electron chi connectivity index (χ2n) is 4.17. The van der Waals surface area contributed by atoms with Crippen molar-refractivity contribution in [1.82, 2.24) is 0 Å². The van der Waals surface area contributed by atoms with Crippen LogP contribution in [-0.4, -0.2) is 30.2 Å². The Hall–Kier alpha value is -0.251. The first-order valence-electron chi connectivity index (χ1n) is 7.65. The van der Waals surface area contributed by atoms with Crippen LogP contribution < -0.4 is 0 Å². The van der Waals surface area contributed by atoms with Crippen LogP contribution in [0.1, 0.15) is 90.4 Å². The minimum atomic E-state index is 0. The Labute approximate surface area is 143 Å². The van der Waals surface area contributed by atoms with Crippen molar-refractivity contribution in [2.45, 2.75) is 80.1 Å². The van der Waals surface area contributed by atoms with Crippen LogP contribution in [0, 0.1) is 0 Å². The maximum Gasteiger partial charge on any atom is 0.153 e. The van der Waals surface area contributed by atoms with Crippen molar-refractivity contribution >= 4 is 30.2 Å². The van der Waals surface area contributed by atoms with Crippen LogP contribution in [0.4, 0.5) is 0 Å². The van der Waals surface area contributed by atoms with Crippen LogP contribution >= 0.6 is 0 Å². The summed E-state index contributed by atoms with van der Waals surface area (Å²) < 4.78 is 4.57. The topological polar surface area (TPSA) is 30.2 Å². The zero-order valence-corrected chi connectivity index (χ0v) is 17.2. The third-order valence-corrected chi connectivity index (χ3v) is 2.18. The van der Waals surface area contributed by atoms with Crippen LogP contribution in [0.2, 0.25) is 0 Å². The monoisotopic (exact) mass is 390 g/mol. The molecule has 0 N–H and O–H groups in total. The van der Waals surface area contributed by atoms with E-state index in [0.29, 0.717) is 5.56 Å². The van der Waals surface area contributed by atoms with E-state index in [9.17, 15) is 4.79 Å². The van der Waals surface area contributed by atoms with E-state index in [1.165, 1.54) is 51.1 Å². The molecule has 3 heteroatoms. The SMILES string of the molecule is CCCC.CCCC.CCCC.O=Cc1ccoc1.[Sn]. The molecule has 0 bridgehead atoms. The Balaban J connectivity index is -0.0000000881. The van der Waals surface area contributed by atoms with Crippen molar-refractivity contribution < 1.29 is 9.21 Å². The maximum atomic E-state index is 9.81. The Kier molecular flexibility index (Phi) is 43.7. The van der Waals surface area contributed by atoms with Gasteiger partial charge in [0.15, 0.2) is 6.29 Å². The summed E-state index contributed by atoms with van der Waals surface area (Å²) in [4.78, 5) is 9.81. The molecule has 4 radical (unpaired) electrons. The molecule has 1 rings (SSSR count). The molecule has 0 saturated heterocycles. The number of rotatable bonds is 4. The standard InChI is InChI=1S/C5H4O2.3C4H10.Sn/c6-3-5-1-2-7-4-5;3*1-3-4-2;/h1-4H;3*3-4H2,1-2H3;. The predicted octanol–water partition coefficient (Wildman–Crippen LogP) is 6.13. The Bertz CT molecular complexity index is 205. The van der Waals surface area contributed by atoms with E-state index in [1.54, 1.807) is 6.07 Å². The van der Waals surface area contributed by atoms with Crippen LogP contribution in [0.3, 0.4) is 0 Å². The molecule has 0 spiro atoms. The summed E-state index contributed by atoms with van der Waals surface area (Å²) in [6.45, 7) is 13.1. The van der Waals surface area contributed by atoms with Crippen LogP contribution in [0.5, 0.6) is 0 Å². The van der Waals surface area contributed by atoms with Gasteiger partial charge in [-0.2, -0.15) is 0 Å². The number of furan rings is 1. The third-order valence-electron chi connectivity index (χ3n) is 2.18. The predicted molar refractivity (Wildman–Crippen MR) is 91.6 cm³/mol. The molecule has 20 heavy (non-hydrogen) atoms. The van der Waals surface area contributed by atoms with Crippen LogP contribution in [0.25, 0.3) is 0 Å². The molecule has 1 aromatic rings. The van der Waals surface area contributed by atoms with Crippen LogP contribution in [-0.2, 0) is 0 Å². The Morgan fingerprint density at radius 1 is 0.850 bits per heavy atom. The fraction of sp³-hybridized carbons (Fsp3) is 0.706. The first-order valence-corrected chi connectivity index (χ1v) is 7.65. The molecule has 2 nitrogen and oxygen atoms in total. The number of hydrogen-bond donors (Lipinski definition) is 0. The quantitative estimate of drug-likeness (QED) is 0.458. The van der Waals surface area contributed by atoms with Crippen molar-refractivity contribution in [2.75, 3.05) is 0 Å². The van der Waals surface area contributed by atoms with Crippen molar-refractivity contribution in [3.8, 4) is 0 Å². The molecule has 0 atom stereocenters. The van der Waals surface area contributed by atoms with Crippen molar-refractivity contribution in [2.24, 2.45) is 0 Å². The molecule has 118 valence electrons. The van der Waals surface area contributed by atoms with Crippen molar-refractivity contribution in [3.63, 3.8) is 0 Å². The van der Waals surface area contributed by atoms with Gasteiger partial charge in [-0.1, -0.05) is 80.1 Å². The van der Waals surface area contributed by atoms with E-state index >= 15 is 0 Å². The molecule has 1 heterocycles. The second-order valence-corrected chi connectivity index (χ2v) is 4.17. The Morgan fingerprint density at radius 2 is 1.20 bits per heavy atom. The zero-order valence-electron chi connectivity index (χ0n) is 14.4. The first kappa shape index (κ1) is 28.0. The summed E-state index contributed by atoms with van der Waals surface area (Å²) in [5, 5.41) is 0. The number of hydrogen-bond acceptors (Lipinski definition) is 2. The minimum absolute atomic E-state index is 0. The molecule has 0 unspecified atom stereocenters. The summed E-state index contributed by atoms with van der Waals surface area (Å²) in [6.07, 6.45) is 11.5. The van der Waals surface area contributed by atoms with Crippen LogP contribution in [0.15, 0.2) is 23.0 Å². The Morgan fingerprint density at radius 3 is 1.30 bits per heavy atom. The van der Waals surface area contributed by atoms with Gasteiger partial charge in [0.05, 0.1) is 11.8 Å². The molecule has 0 aliphatic heterocycles. The molecule has 0 amide bonds. The summed E-state index contributed by atoms with van der Waals surface area (Å²) >= 11 is 0. The summed E-state index contributed by atoms with van der Waals surface area (Å²) in [5.41, 5.74) is 0.583. The van der Waals surface area contributed by atoms with Gasteiger partial charge >= 0.3 is 0 Å². The third kappa shape index (κ3) is 36.1. The van der Waals surface area contributed by atoms with Gasteiger partial charge in [-0.25, -0.2) is 0 Å². The maximum absolute atomic E-state index is 9.81. The van der Waals surface area contributed by atoms with Gasteiger partial charge in [0.2, 0.25) is 0 Å². The fourth-order valence-electron chi connectivity index (χ4n) is 0.342. The van der Waals surface area contributed by atoms with Gasteiger partial charge in [-0.15, -0.1) is 0 Å². The molecule has 0 fully saturated rings. The van der Waals surface area contributed by atoms with Gasteiger partial charge in [0.25, 0.3) is 0 Å². The summed E-state index contributed by atoms with van der Waals surface area (Å²) in [7, 11) is 0. The van der Waals surface area contributed by atoms with E-state index in [1.807, 2.05) is 0 Å². The van der Waals surface area contributed by atoms with E-state index in [0.717, 1.165) is 6.29 Å². The zero-order chi connectivity index (χ0) is 15.4. The van der Waals surface area contributed by atoms with E-state index in [2.05, 4.69) is 46.0 Å². The summed E-state index contributed by atoms with van der Waals surface area (Å²) in [5.74, 6) is 0. The average Bonchev–Trinajstić information content (AvgIpc) is 3.01. The molecule has 0 aliphatic rings. The molecule has 0 aromatic carbocycles. The molecule has 1 aromatic heterocycles. The molecule has 0 aliphatic carbocycles. The number of carbonyl (C=O) groups is 1. The number of unbranched alkanes of at least 4 members (excludes halogenated alkanes) is 3. The molecule has 0 saturated carbocycles. The molecular weight excluding hydrogens is 355 g/mol. The van der Waals surface area contributed by atoms with E-state index in [4.69, 9.17) is 0 Å². The average molecular weight is 389 g/mol. The minimum Gasteiger partial charge on any atom is -0.472 e.